The maximum Gasteiger partial charge on any atom is 0.0470 e. The molecule has 1 atom stereocenters. The van der Waals surface area contributed by atoms with Gasteiger partial charge in [-0.15, -0.1) is 0 Å². The summed E-state index contributed by atoms with van der Waals surface area (Å²) in [7, 11) is 2.18. The van der Waals surface area contributed by atoms with Crippen molar-refractivity contribution in [1.82, 2.24) is 4.90 Å². The summed E-state index contributed by atoms with van der Waals surface area (Å²) in [6.45, 7) is 7.24. The first-order chi connectivity index (χ1) is 8.54. The van der Waals surface area contributed by atoms with Crippen LogP contribution in [0.4, 0.5) is 0 Å². The number of benzene rings is 1. The lowest BCUT2D eigenvalue weighted by Crippen LogP contribution is -2.38. The number of aryl methyl sites for hydroxylation is 1. The lowest BCUT2D eigenvalue weighted by atomic mass is 10.0. The lowest BCUT2D eigenvalue weighted by molar-refractivity contribution is 0.167. The van der Waals surface area contributed by atoms with Gasteiger partial charge in [-0.05, 0) is 44.0 Å². The molecule has 0 heterocycles. The molecule has 0 fully saturated rings. The van der Waals surface area contributed by atoms with Gasteiger partial charge in [0.1, 0.15) is 0 Å². The van der Waals surface area contributed by atoms with E-state index in [-0.39, 0.29) is 0 Å². The second-order valence-electron chi connectivity index (χ2n) is 4.90. The molecule has 18 heavy (non-hydrogen) atoms. The van der Waals surface area contributed by atoms with Crippen LogP contribution in [0.2, 0.25) is 0 Å². The van der Waals surface area contributed by atoms with Crippen LogP contribution in [0.1, 0.15) is 43.9 Å². The summed E-state index contributed by atoms with van der Waals surface area (Å²) in [6.07, 6.45) is 2.33. The van der Waals surface area contributed by atoms with E-state index in [0.717, 1.165) is 17.3 Å². The number of hydrogen-bond acceptors (Lipinski definition) is 2. The van der Waals surface area contributed by atoms with Gasteiger partial charge >= 0.3 is 0 Å². The molecule has 0 aliphatic heterocycles. The highest BCUT2D eigenvalue weighted by molar-refractivity contribution is 9.10. The first-order valence-electron chi connectivity index (χ1n) is 6.73. The van der Waals surface area contributed by atoms with Crippen molar-refractivity contribution in [3.63, 3.8) is 0 Å². The standard InChI is InChI=1S/C15H25BrN2/c1-5-13(6-2)18(4)15(10-17)12-8-7-11(3)14(16)9-12/h7-9,13,15H,5-6,10,17H2,1-4H3. The maximum atomic E-state index is 5.98. The average Bonchev–Trinajstić information content (AvgIpc) is 2.36. The van der Waals surface area contributed by atoms with E-state index in [1.165, 1.54) is 11.1 Å². The van der Waals surface area contributed by atoms with Gasteiger partial charge in [0.25, 0.3) is 0 Å². The molecule has 2 N–H and O–H groups in total. The van der Waals surface area contributed by atoms with Crippen LogP contribution < -0.4 is 5.73 Å². The molecular formula is C15H25BrN2. The molecule has 0 bridgehead atoms. The van der Waals surface area contributed by atoms with Gasteiger partial charge in [0.2, 0.25) is 0 Å². The molecule has 0 spiro atoms. The molecule has 0 saturated carbocycles. The van der Waals surface area contributed by atoms with Crippen LogP contribution >= 0.6 is 15.9 Å². The van der Waals surface area contributed by atoms with Crippen LogP contribution in [-0.2, 0) is 0 Å². The number of halogens is 1. The molecule has 0 aromatic heterocycles. The van der Waals surface area contributed by atoms with Gasteiger partial charge in [-0.1, -0.05) is 41.9 Å². The lowest BCUT2D eigenvalue weighted by Gasteiger charge is -2.34. The summed E-state index contributed by atoms with van der Waals surface area (Å²) in [6, 6.07) is 7.44. The molecule has 1 aromatic rings. The molecule has 0 amide bonds. The molecule has 1 unspecified atom stereocenters. The normalized spacial score (nSPS) is 13.3. The smallest absolute Gasteiger partial charge is 0.0470 e. The largest absolute Gasteiger partial charge is 0.329 e. The highest BCUT2D eigenvalue weighted by atomic mass is 79.9. The van der Waals surface area contributed by atoms with Crippen molar-refractivity contribution in [2.24, 2.45) is 5.73 Å². The van der Waals surface area contributed by atoms with Gasteiger partial charge in [0, 0.05) is 23.1 Å². The zero-order valence-corrected chi connectivity index (χ0v) is 13.5. The number of nitrogens with two attached hydrogens (primary N) is 1. The highest BCUT2D eigenvalue weighted by Crippen LogP contribution is 2.26. The SMILES string of the molecule is CCC(CC)N(C)C(CN)c1ccc(C)c(Br)c1. The quantitative estimate of drug-likeness (QED) is 0.863. The third-order valence-electron chi connectivity index (χ3n) is 3.81. The van der Waals surface area contributed by atoms with Gasteiger partial charge < -0.3 is 5.73 Å². The van der Waals surface area contributed by atoms with E-state index in [2.05, 4.69) is 66.8 Å². The Labute approximate surface area is 120 Å². The maximum absolute atomic E-state index is 5.98. The van der Waals surface area contributed by atoms with Crippen LogP contribution in [0.15, 0.2) is 22.7 Å². The monoisotopic (exact) mass is 312 g/mol. The number of hydrogen-bond donors (Lipinski definition) is 1. The fourth-order valence-electron chi connectivity index (χ4n) is 2.47. The average molecular weight is 313 g/mol. The van der Waals surface area contributed by atoms with Crippen LogP contribution in [0.5, 0.6) is 0 Å². The molecule has 0 aliphatic carbocycles. The second kappa shape index (κ2) is 7.27. The van der Waals surface area contributed by atoms with Crippen molar-refractivity contribution >= 4 is 15.9 Å². The summed E-state index contributed by atoms with van der Waals surface area (Å²) in [5.74, 6) is 0. The van der Waals surface area contributed by atoms with E-state index < -0.39 is 0 Å². The first-order valence-corrected chi connectivity index (χ1v) is 7.52. The Morgan fingerprint density at radius 3 is 2.33 bits per heavy atom. The Kier molecular flexibility index (Phi) is 6.33. The Bertz CT molecular complexity index is 375. The second-order valence-corrected chi connectivity index (χ2v) is 5.75. The third kappa shape index (κ3) is 3.56. The van der Waals surface area contributed by atoms with Gasteiger partial charge in [-0.25, -0.2) is 0 Å². The van der Waals surface area contributed by atoms with Gasteiger partial charge in [-0.3, -0.25) is 4.90 Å². The van der Waals surface area contributed by atoms with E-state index in [0.29, 0.717) is 18.6 Å². The summed E-state index contributed by atoms with van der Waals surface area (Å²) in [5, 5.41) is 0. The Morgan fingerprint density at radius 1 is 1.28 bits per heavy atom. The van der Waals surface area contributed by atoms with E-state index in [1.54, 1.807) is 0 Å². The molecule has 2 nitrogen and oxygen atoms in total. The van der Waals surface area contributed by atoms with Gasteiger partial charge in [-0.2, -0.15) is 0 Å². The fraction of sp³-hybridized carbons (Fsp3) is 0.600. The molecule has 102 valence electrons. The van der Waals surface area contributed by atoms with Crippen LogP contribution in [0.25, 0.3) is 0 Å². The minimum atomic E-state index is 0.298. The number of nitrogens with zero attached hydrogens (tertiary/aromatic N) is 1. The molecule has 0 saturated heterocycles. The van der Waals surface area contributed by atoms with Crippen molar-refractivity contribution in [2.75, 3.05) is 13.6 Å². The minimum Gasteiger partial charge on any atom is -0.329 e. The molecule has 0 aliphatic rings. The number of likely N-dealkylation sites (N-methyl/N-ethyl adjacent to an activating group) is 1. The van der Waals surface area contributed by atoms with Gasteiger partial charge in [0.05, 0.1) is 0 Å². The molecule has 1 aromatic carbocycles. The van der Waals surface area contributed by atoms with E-state index in [9.17, 15) is 0 Å². The molecular weight excluding hydrogens is 288 g/mol. The Hall–Kier alpha value is -0.380. The predicted molar refractivity (Wildman–Crippen MR) is 82.8 cm³/mol. The summed E-state index contributed by atoms with van der Waals surface area (Å²) in [4.78, 5) is 2.41. The highest BCUT2D eigenvalue weighted by Gasteiger charge is 2.21. The number of rotatable bonds is 6. The summed E-state index contributed by atoms with van der Waals surface area (Å²) in [5.41, 5.74) is 8.54. The fourth-order valence-corrected chi connectivity index (χ4v) is 2.87. The Balaban J connectivity index is 2.97. The van der Waals surface area contributed by atoms with Crippen LogP contribution in [0, 0.1) is 6.92 Å². The van der Waals surface area contributed by atoms with Crippen LogP contribution in [0.3, 0.4) is 0 Å². The molecule has 3 heteroatoms. The van der Waals surface area contributed by atoms with Crippen molar-refractivity contribution in [3.05, 3.63) is 33.8 Å². The van der Waals surface area contributed by atoms with Crippen LogP contribution in [-0.4, -0.2) is 24.5 Å². The van der Waals surface area contributed by atoms with Gasteiger partial charge in [0.15, 0.2) is 0 Å². The van der Waals surface area contributed by atoms with E-state index in [4.69, 9.17) is 5.73 Å². The zero-order chi connectivity index (χ0) is 13.7. The Morgan fingerprint density at radius 2 is 1.89 bits per heavy atom. The minimum absolute atomic E-state index is 0.298. The molecule has 0 radical (unpaired) electrons. The van der Waals surface area contributed by atoms with Crippen molar-refractivity contribution in [3.8, 4) is 0 Å². The van der Waals surface area contributed by atoms with E-state index in [1.807, 2.05) is 0 Å². The van der Waals surface area contributed by atoms with Crippen molar-refractivity contribution in [2.45, 2.75) is 45.7 Å². The summed E-state index contributed by atoms with van der Waals surface area (Å²) < 4.78 is 1.16. The van der Waals surface area contributed by atoms with Crippen molar-refractivity contribution < 1.29 is 0 Å². The topological polar surface area (TPSA) is 29.3 Å². The predicted octanol–water partition coefficient (Wildman–Crippen LogP) is 3.88. The summed E-state index contributed by atoms with van der Waals surface area (Å²) >= 11 is 3.60. The van der Waals surface area contributed by atoms with E-state index >= 15 is 0 Å². The third-order valence-corrected chi connectivity index (χ3v) is 4.67. The zero-order valence-electron chi connectivity index (χ0n) is 11.9. The first kappa shape index (κ1) is 15.7. The molecule has 1 rings (SSSR count). The van der Waals surface area contributed by atoms with Crippen molar-refractivity contribution in [1.29, 1.82) is 0 Å².